The SMILES string of the molecule is Cc1nn(-c2ccccc2)c(C)c1CC(=O)NC1CCOc2ccccc21. The van der Waals surface area contributed by atoms with Crippen molar-refractivity contribution < 1.29 is 9.53 Å². The van der Waals surface area contributed by atoms with Crippen LogP contribution >= 0.6 is 0 Å². The molecule has 1 aliphatic rings. The zero-order chi connectivity index (χ0) is 18.8. The Morgan fingerprint density at radius 1 is 1.15 bits per heavy atom. The van der Waals surface area contributed by atoms with Crippen LogP contribution in [-0.4, -0.2) is 22.3 Å². The van der Waals surface area contributed by atoms with Gasteiger partial charge in [-0.15, -0.1) is 0 Å². The molecule has 0 fully saturated rings. The number of hydrogen-bond acceptors (Lipinski definition) is 3. The van der Waals surface area contributed by atoms with Crippen molar-refractivity contribution in [3.05, 3.63) is 77.1 Å². The third-order valence-corrected chi connectivity index (χ3v) is 5.07. The van der Waals surface area contributed by atoms with E-state index in [1.807, 2.05) is 73.1 Å². The first-order valence-electron chi connectivity index (χ1n) is 9.25. The maximum absolute atomic E-state index is 12.8. The molecule has 1 N–H and O–H groups in total. The highest BCUT2D eigenvalue weighted by Gasteiger charge is 2.24. The van der Waals surface area contributed by atoms with E-state index < -0.39 is 0 Å². The molecule has 1 unspecified atom stereocenters. The highest BCUT2D eigenvalue weighted by Crippen LogP contribution is 2.31. The lowest BCUT2D eigenvalue weighted by molar-refractivity contribution is -0.121. The summed E-state index contributed by atoms with van der Waals surface area (Å²) in [4.78, 5) is 12.8. The summed E-state index contributed by atoms with van der Waals surface area (Å²) in [6.07, 6.45) is 1.11. The van der Waals surface area contributed by atoms with Gasteiger partial charge in [-0.2, -0.15) is 5.10 Å². The fourth-order valence-electron chi connectivity index (χ4n) is 3.65. The van der Waals surface area contributed by atoms with Crippen LogP contribution in [0.25, 0.3) is 5.69 Å². The smallest absolute Gasteiger partial charge is 0.225 e. The van der Waals surface area contributed by atoms with E-state index in [1.165, 1.54) is 0 Å². The molecule has 27 heavy (non-hydrogen) atoms. The molecule has 0 aliphatic carbocycles. The summed E-state index contributed by atoms with van der Waals surface area (Å²) in [5.74, 6) is 0.869. The number of amides is 1. The van der Waals surface area contributed by atoms with Crippen molar-refractivity contribution in [3.63, 3.8) is 0 Å². The summed E-state index contributed by atoms with van der Waals surface area (Å²) in [7, 11) is 0. The number of carbonyl (C=O) groups is 1. The average molecular weight is 361 g/mol. The van der Waals surface area contributed by atoms with Gasteiger partial charge < -0.3 is 10.1 Å². The van der Waals surface area contributed by atoms with Crippen molar-refractivity contribution in [1.29, 1.82) is 0 Å². The molecule has 0 bridgehead atoms. The Morgan fingerprint density at radius 3 is 2.70 bits per heavy atom. The molecule has 4 rings (SSSR count). The normalized spacial score (nSPS) is 15.7. The fraction of sp³-hybridized carbons (Fsp3) is 0.273. The van der Waals surface area contributed by atoms with E-state index in [1.54, 1.807) is 0 Å². The number of carbonyl (C=O) groups excluding carboxylic acids is 1. The van der Waals surface area contributed by atoms with Crippen LogP contribution in [0.1, 0.15) is 35.0 Å². The molecule has 0 saturated heterocycles. The molecule has 1 aromatic heterocycles. The lowest BCUT2D eigenvalue weighted by atomic mass is 10.00. The number of hydrogen-bond donors (Lipinski definition) is 1. The van der Waals surface area contributed by atoms with E-state index in [-0.39, 0.29) is 11.9 Å². The van der Waals surface area contributed by atoms with Crippen LogP contribution < -0.4 is 10.1 Å². The Labute approximate surface area is 159 Å². The quantitative estimate of drug-likeness (QED) is 0.771. The summed E-state index contributed by atoms with van der Waals surface area (Å²) in [5.41, 5.74) is 4.92. The highest BCUT2D eigenvalue weighted by molar-refractivity contribution is 5.79. The summed E-state index contributed by atoms with van der Waals surface area (Å²) < 4.78 is 7.58. The maximum atomic E-state index is 12.8. The van der Waals surface area contributed by atoms with Crippen molar-refractivity contribution in [2.24, 2.45) is 0 Å². The number of nitrogens with zero attached hydrogens (tertiary/aromatic N) is 2. The van der Waals surface area contributed by atoms with E-state index in [0.717, 1.165) is 40.4 Å². The Kier molecular flexibility index (Phi) is 4.67. The van der Waals surface area contributed by atoms with Crippen LogP contribution in [0.5, 0.6) is 5.75 Å². The average Bonchev–Trinajstić information content (AvgIpc) is 2.97. The topological polar surface area (TPSA) is 56.2 Å². The molecule has 138 valence electrons. The molecule has 3 aromatic rings. The molecule has 2 heterocycles. The Morgan fingerprint density at radius 2 is 1.89 bits per heavy atom. The predicted octanol–water partition coefficient (Wildman–Crippen LogP) is 3.67. The minimum atomic E-state index is -0.00719. The molecule has 5 nitrogen and oxygen atoms in total. The standard InChI is InChI=1S/C22H23N3O2/c1-15-19(16(2)25(24-15)17-8-4-3-5-9-17)14-22(26)23-20-12-13-27-21-11-7-6-10-18(20)21/h3-11,20H,12-14H2,1-2H3,(H,23,26). The summed E-state index contributed by atoms with van der Waals surface area (Å²) >= 11 is 0. The molecular weight excluding hydrogens is 338 g/mol. The predicted molar refractivity (Wildman–Crippen MR) is 104 cm³/mol. The number of fused-ring (bicyclic) bond motifs is 1. The van der Waals surface area contributed by atoms with Crippen molar-refractivity contribution in [2.45, 2.75) is 32.7 Å². The van der Waals surface area contributed by atoms with E-state index in [4.69, 9.17) is 4.74 Å². The molecule has 1 atom stereocenters. The van der Waals surface area contributed by atoms with Crippen molar-refractivity contribution in [1.82, 2.24) is 15.1 Å². The summed E-state index contributed by atoms with van der Waals surface area (Å²) in [6.45, 7) is 4.59. The number of aryl methyl sites for hydroxylation is 1. The first kappa shape index (κ1) is 17.3. The summed E-state index contributed by atoms with van der Waals surface area (Å²) in [6, 6.07) is 17.9. The molecule has 0 saturated carbocycles. The van der Waals surface area contributed by atoms with Gasteiger partial charge in [0.2, 0.25) is 5.91 Å². The third kappa shape index (κ3) is 3.45. The minimum absolute atomic E-state index is 0.00719. The highest BCUT2D eigenvalue weighted by atomic mass is 16.5. The minimum Gasteiger partial charge on any atom is -0.493 e. The molecule has 5 heteroatoms. The molecular formula is C22H23N3O2. The van der Waals surface area contributed by atoms with Crippen molar-refractivity contribution in [2.75, 3.05) is 6.61 Å². The number of ether oxygens (including phenoxy) is 1. The Hall–Kier alpha value is -3.08. The molecule has 2 aromatic carbocycles. The molecule has 1 aliphatic heterocycles. The van der Waals surface area contributed by atoms with E-state index in [9.17, 15) is 4.79 Å². The number of para-hydroxylation sites is 2. The van der Waals surface area contributed by atoms with Gasteiger partial charge in [0.25, 0.3) is 0 Å². The van der Waals surface area contributed by atoms with Crippen molar-refractivity contribution >= 4 is 5.91 Å². The number of aromatic nitrogens is 2. The zero-order valence-electron chi connectivity index (χ0n) is 15.6. The van der Waals surface area contributed by atoms with E-state index in [2.05, 4.69) is 10.4 Å². The largest absolute Gasteiger partial charge is 0.493 e. The second kappa shape index (κ2) is 7.27. The van der Waals surface area contributed by atoms with Gasteiger partial charge in [-0.25, -0.2) is 4.68 Å². The van der Waals surface area contributed by atoms with Gasteiger partial charge in [0.15, 0.2) is 0 Å². The second-order valence-corrected chi connectivity index (χ2v) is 6.87. The molecule has 1 amide bonds. The van der Waals surface area contributed by atoms with Crippen LogP contribution in [0.4, 0.5) is 0 Å². The number of nitrogens with one attached hydrogen (secondary N) is 1. The first-order chi connectivity index (χ1) is 13.1. The van der Waals surface area contributed by atoms with Gasteiger partial charge in [0, 0.05) is 23.2 Å². The lowest BCUT2D eigenvalue weighted by Crippen LogP contribution is -2.33. The monoisotopic (exact) mass is 361 g/mol. The van der Waals surface area contributed by atoms with Gasteiger partial charge >= 0.3 is 0 Å². The van der Waals surface area contributed by atoms with Gasteiger partial charge in [-0.1, -0.05) is 36.4 Å². The van der Waals surface area contributed by atoms with Crippen molar-refractivity contribution in [3.8, 4) is 11.4 Å². The lowest BCUT2D eigenvalue weighted by Gasteiger charge is -2.26. The van der Waals surface area contributed by atoms with E-state index in [0.29, 0.717) is 13.0 Å². The van der Waals surface area contributed by atoms with Gasteiger partial charge in [-0.05, 0) is 32.0 Å². The second-order valence-electron chi connectivity index (χ2n) is 6.87. The Balaban J connectivity index is 1.52. The van der Waals surface area contributed by atoms with Gasteiger partial charge in [-0.3, -0.25) is 4.79 Å². The van der Waals surface area contributed by atoms with Crippen LogP contribution in [0.15, 0.2) is 54.6 Å². The fourth-order valence-corrected chi connectivity index (χ4v) is 3.65. The Bertz CT molecular complexity index is 963. The van der Waals surface area contributed by atoms with Crippen LogP contribution in [0.2, 0.25) is 0 Å². The van der Waals surface area contributed by atoms with Crippen LogP contribution in [-0.2, 0) is 11.2 Å². The van der Waals surface area contributed by atoms with Crippen LogP contribution in [0, 0.1) is 13.8 Å². The van der Waals surface area contributed by atoms with E-state index >= 15 is 0 Å². The number of rotatable bonds is 4. The molecule has 0 spiro atoms. The van der Waals surface area contributed by atoms with Gasteiger partial charge in [0.1, 0.15) is 5.75 Å². The first-order valence-corrected chi connectivity index (χ1v) is 9.25. The summed E-state index contributed by atoms with van der Waals surface area (Å²) in [5, 5.41) is 7.80. The van der Waals surface area contributed by atoms with Gasteiger partial charge in [0.05, 0.1) is 30.5 Å². The number of benzene rings is 2. The maximum Gasteiger partial charge on any atom is 0.225 e. The third-order valence-electron chi connectivity index (χ3n) is 5.07. The molecule has 0 radical (unpaired) electrons. The van der Waals surface area contributed by atoms with Crippen LogP contribution in [0.3, 0.4) is 0 Å². The zero-order valence-corrected chi connectivity index (χ0v) is 15.6.